The second-order valence-electron chi connectivity index (χ2n) is 2.56. The van der Waals surface area contributed by atoms with Crippen LogP contribution in [0.15, 0.2) is 12.7 Å². The van der Waals surface area contributed by atoms with Crippen LogP contribution in [0.5, 0.6) is 0 Å². The Kier molecular flexibility index (Phi) is 6.14. The Morgan fingerprint density at radius 1 is 1.60 bits per heavy atom. The third kappa shape index (κ3) is 4.30. The summed E-state index contributed by atoms with van der Waals surface area (Å²) in [5.41, 5.74) is 0. The first-order valence-electron chi connectivity index (χ1n) is 3.91. The zero-order chi connectivity index (χ0) is 7.82. The van der Waals surface area contributed by atoms with Gasteiger partial charge in [-0.3, -0.25) is 0 Å². The van der Waals surface area contributed by atoms with E-state index in [0.717, 1.165) is 25.5 Å². The van der Waals surface area contributed by atoms with Crippen molar-refractivity contribution in [1.29, 1.82) is 0 Å². The molecule has 0 aliphatic carbocycles. The number of rotatable bonds is 6. The summed E-state index contributed by atoms with van der Waals surface area (Å²) in [4.78, 5) is 10.4. The Hall–Kier alpha value is -0.590. The van der Waals surface area contributed by atoms with Crippen molar-refractivity contribution in [3.8, 4) is 0 Å². The Morgan fingerprint density at radius 2 is 2.30 bits per heavy atom. The molecule has 0 fully saturated rings. The summed E-state index contributed by atoms with van der Waals surface area (Å²) in [6.45, 7) is 5.73. The van der Waals surface area contributed by atoms with Gasteiger partial charge in [-0.2, -0.15) is 0 Å². The Bertz CT molecular complexity index is 96.9. The predicted molar refractivity (Wildman–Crippen MR) is 43.9 cm³/mol. The molecule has 0 N–H and O–H groups in total. The average molecular weight is 140 g/mol. The van der Waals surface area contributed by atoms with E-state index < -0.39 is 0 Å². The molecule has 0 aromatic heterocycles. The highest BCUT2D eigenvalue weighted by molar-refractivity contribution is 5.53. The van der Waals surface area contributed by atoms with Crippen LogP contribution >= 0.6 is 0 Å². The lowest BCUT2D eigenvalue weighted by atomic mass is 10.0. The van der Waals surface area contributed by atoms with Crippen molar-refractivity contribution in [2.75, 3.05) is 0 Å². The molecule has 0 saturated heterocycles. The minimum atomic E-state index is 0.220. The predicted octanol–water partition coefficient (Wildman–Crippen LogP) is 2.57. The maximum Gasteiger partial charge on any atom is 0.123 e. The molecular weight excluding hydrogens is 124 g/mol. The monoisotopic (exact) mass is 140 g/mol. The summed E-state index contributed by atoms with van der Waals surface area (Å²) < 4.78 is 0. The highest BCUT2D eigenvalue weighted by Crippen LogP contribution is 2.09. The van der Waals surface area contributed by atoms with Gasteiger partial charge in [0.1, 0.15) is 6.29 Å². The van der Waals surface area contributed by atoms with Crippen LogP contribution < -0.4 is 0 Å². The van der Waals surface area contributed by atoms with E-state index >= 15 is 0 Å². The number of unbranched alkanes of at least 4 members (excludes halogenated alkanes) is 1. The fourth-order valence-corrected chi connectivity index (χ4v) is 0.922. The fourth-order valence-electron chi connectivity index (χ4n) is 0.922. The van der Waals surface area contributed by atoms with Gasteiger partial charge in [0.25, 0.3) is 0 Å². The van der Waals surface area contributed by atoms with E-state index in [4.69, 9.17) is 0 Å². The molecule has 0 amide bonds. The van der Waals surface area contributed by atoms with E-state index in [1.807, 2.05) is 6.08 Å². The Balaban J connectivity index is 3.38. The SMILES string of the molecule is C=CCC(C=O)CCCC. The van der Waals surface area contributed by atoms with Gasteiger partial charge in [-0.15, -0.1) is 6.58 Å². The molecule has 0 aliphatic rings. The van der Waals surface area contributed by atoms with E-state index in [9.17, 15) is 4.79 Å². The normalized spacial score (nSPS) is 12.5. The van der Waals surface area contributed by atoms with E-state index in [1.165, 1.54) is 6.42 Å². The quantitative estimate of drug-likeness (QED) is 0.409. The van der Waals surface area contributed by atoms with Crippen molar-refractivity contribution in [3.05, 3.63) is 12.7 Å². The largest absolute Gasteiger partial charge is 0.303 e. The van der Waals surface area contributed by atoms with Gasteiger partial charge in [-0.1, -0.05) is 25.8 Å². The Morgan fingerprint density at radius 3 is 2.70 bits per heavy atom. The molecule has 1 atom stereocenters. The highest BCUT2D eigenvalue weighted by atomic mass is 16.1. The Labute approximate surface area is 63.1 Å². The lowest BCUT2D eigenvalue weighted by Crippen LogP contribution is -1.99. The molecule has 1 heteroatoms. The van der Waals surface area contributed by atoms with Crippen LogP contribution in [-0.2, 0) is 4.79 Å². The first-order valence-corrected chi connectivity index (χ1v) is 3.91. The first kappa shape index (κ1) is 9.41. The van der Waals surface area contributed by atoms with Crippen LogP contribution in [0.1, 0.15) is 32.6 Å². The summed E-state index contributed by atoms with van der Waals surface area (Å²) in [6, 6.07) is 0. The van der Waals surface area contributed by atoms with Gasteiger partial charge < -0.3 is 4.79 Å². The number of carbonyl (C=O) groups excluding carboxylic acids is 1. The molecule has 0 radical (unpaired) electrons. The van der Waals surface area contributed by atoms with Crippen molar-refractivity contribution >= 4 is 6.29 Å². The van der Waals surface area contributed by atoms with Crippen LogP contribution in [0.2, 0.25) is 0 Å². The maximum atomic E-state index is 10.4. The number of aldehydes is 1. The van der Waals surface area contributed by atoms with Gasteiger partial charge in [0.05, 0.1) is 0 Å². The lowest BCUT2D eigenvalue weighted by molar-refractivity contribution is -0.111. The van der Waals surface area contributed by atoms with Crippen molar-refractivity contribution in [2.45, 2.75) is 32.6 Å². The summed E-state index contributed by atoms with van der Waals surface area (Å²) in [6.07, 6.45) is 7.03. The summed E-state index contributed by atoms with van der Waals surface area (Å²) >= 11 is 0. The number of allylic oxidation sites excluding steroid dienone is 1. The summed E-state index contributed by atoms with van der Waals surface area (Å²) in [7, 11) is 0. The van der Waals surface area contributed by atoms with Gasteiger partial charge in [0, 0.05) is 5.92 Å². The van der Waals surface area contributed by atoms with Gasteiger partial charge in [-0.25, -0.2) is 0 Å². The van der Waals surface area contributed by atoms with Gasteiger partial charge in [0.2, 0.25) is 0 Å². The van der Waals surface area contributed by atoms with E-state index in [2.05, 4.69) is 13.5 Å². The van der Waals surface area contributed by atoms with Crippen LogP contribution in [0.3, 0.4) is 0 Å². The minimum Gasteiger partial charge on any atom is -0.303 e. The molecule has 0 rings (SSSR count). The van der Waals surface area contributed by atoms with Crippen molar-refractivity contribution in [3.63, 3.8) is 0 Å². The topological polar surface area (TPSA) is 17.1 Å². The van der Waals surface area contributed by atoms with Crippen LogP contribution in [0.25, 0.3) is 0 Å². The van der Waals surface area contributed by atoms with E-state index in [0.29, 0.717) is 0 Å². The second-order valence-corrected chi connectivity index (χ2v) is 2.56. The molecular formula is C9H16O. The number of carbonyl (C=O) groups is 1. The van der Waals surface area contributed by atoms with Crippen LogP contribution in [0, 0.1) is 5.92 Å². The number of hydrogen-bond donors (Lipinski definition) is 0. The molecule has 1 nitrogen and oxygen atoms in total. The standard InChI is InChI=1S/C9H16O/c1-3-5-7-9(8-10)6-4-2/h4,8-9H,2-3,5-7H2,1H3. The van der Waals surface area contributed by atoms with Gasteiger partial charge in [0.15, 0.2) is 0 Å². The average Bonchev–Trinajstić information content (AvgIpc) is 1.98. The molecule has 10 heavy (non-hydrogen) atoms. The van der Waals surface area contributed by atoms with E-state index in [-0.39, 0.29) is 5.92 Å². The zero-order valence-electron chi connectivity index (χ0n) is 6.68. The molecule has 0 bridgehead atoms. The van der Waals surface area contributed by atoms with Crippen LogP contribution in [-0.4, -0.2) is 6.29 Å². The van der Waals surface area contributed by atoms with Crippen molar-refractivity contribution in [1.82, 2.24) is 0 Å². The molecule has 58 valence electrons. The molecule has 1 unspecified atom stereocenters. The molecule has 0 aromatic carbocycles. The molecule has 0 aliphatic heterocycles. The minimum absolute atomic E-state index is 0.220. The molecule has 0 heterocycles. The highest BCUT2D eigenvalue weighted by Gasteiger charge is 2.02. The zero-order valence-corrected chi connectivity index (χ0v) is 6.68. The molecule has 0 spiro atoms. The summed E-state index contributed by atoms with van der Waals surface area (Å²) in [5, 5.41) is 0. The van der Waals surface area contributed by atoms with Crippen molar-refractivity contribution < 1.29 is 4.79 Å². The first-order chi connectivity index (χ1) is 4.85. The third-order valence-electron chi connectivity index (χ3n) is 1.59. The smallest absolute Gasteiger partial charge is 0.123 e. The molecule has 0 aromatic rings. The summed E-state index contributed by atoms with van der Waals surface area (Å²) in [5.74, 6) is 0.220. The van der Waals surface area contributed by atoms with Crippen molar-refractivity contribution in [2.24, 2.45) is 5.92 Å². The van der Waals surface area contributed by atoms with Crippen LogP contribution in [0.4, 0.5) is 0 Å². The molecule has 0 saturated carbocycles. The van der Waals surface area contributed by atoms with Gasteiger partial charge in [-0.05, 0) is 12.8 Å². The van der Waals surface area contributed by atoms with Gasteiger partial charge >= 0.3 is 0 Å². The maximum absolute atomic E-state index is 10.4. The lowest BCUT2D eigenvalue weighted by Gasteiger charge is -2.04. The van der Waals surface area contributed by atoms with E-state index in [1.54, 1.807) is 0 Å². The second kappa shape index (κ2) is 6.53. The third-order valence-corrected chi connectivity index (χ3v) is 1.59. The fraction of sp³-hybridized carbons (Fsp3) is 0.667. The number of hydrogen-bond acceptors (Lipinski definition) is 1.